The minimum atomic E-state index is -0.498. The molecule has 1 N–H and O–H groups in total. The van der Waals surface area contributed by atoms with Gasteiger partial charge in [-0.05, 0) is 18.6 Å². The second kappa shape index (κ2) is 8.19. The third kappa shape index (κ3) is 4.92. The Labute approximate surface area is 106 Å². The molecular weight excluding hydrogens is 234 g/mol. The van der Waals surface area contributed by atoms with E-state index in [0.29, 0.717) is 25.6 Å². The third-order valence-electron chi connectivity index (χ3n) is 2.08. The van der Waals surface area contributed by atoms with Gasteiger partial charge in [0.05, 0.1) is 20.3 Å². The minimum absolute atomic E-state index is 0.185. The van der Waals surface area contributed by atoms with Crippen LogP contribution in [0.4, 0.5) is 5.82 Å². The van der Waals surface area contributed by atoms with Crippen molar-refractivity contribution in [2.45, 2.75) is 6.42 Å². The lowest BCUT2D eigenvalue weighted by molar-refractivity contribution is 0.0592. The molecule has 0 aromatic carbocycles. The Hall–Kier alpha value is -1.95. The molecule has 0 amide bonds. The Kier molecular flexibility index (Phi) is 6.42. The van der Waals surface area contributed by atoms with Crippen molar-refractivity contribution in [1.29, 1.82) is 0 Å². The number of anilines is 1. The van der Waals surface area contributed by atoms with Gasteiger partial charge in [-0.15, -0.1) is 16.8 Å². The number of carbonyl (C=O) groups excluding carboxylic acids is 1. The number of hydrogen-bond acceptors (Lipinski definition) is 6. The smallest absolute Gasteiger partial charge is 0.358 e. The number of nitrogens with zero attached hydrogens (tertiary/aromatic N) is 2. The molecule has 0 spiro atoms. The first-order valence-corrected chi connectivity index (χ1v) is 5.62. The van der Waals surface area contributed by atoms with Gasteiger partial charge < -0.3 is 14.8 Å². The lowest BCUT2D eigenvalue weighted by Gasteiger charge is -2.05. The van der Waals surface area contributed by atoms with E-state index in [2.05, 4.69) is 26.8 Å². The van der Waals surface area contributed by atoms with E-state index < -0.39 is 5.97 Å². The van der Waals surface area contributed by atoms with Gasteiger partial charge in [0.1, 0.15) is 5.82 Å². The molecule has 0 fully saturated rings. The van der Waals surface area contributed by atoms with E-state index in [-0.39, 0.29) is 5.69 Å². The molecule has 0 saturated heterocycles. The van der Waals surface area contributed by atoms with Crippen LogP contribution in [0.5, 0.6) is 0 Å². The Morgan fingerprint density at radius 2 is 2.28 bits per heavy atom. The highest BCUT2D eigenvalue weighted by atomic mass is 16.5. The van der Waals surface area contributed by atoms with Crippen molar-refractivity contribution in [2.75, 3.05) is 32.2 Å². The Bertz CT molecular complexity index is 379. The number of aromatic nitrogens is 2. The highest BCUT2D eigenvalue weighted by molar-refractivity contribution is 5.86. The molecule has 0 atom stereocenters. The van der Waals surface area contributed by atoms with Crippen LogP contribution in [0.2, 0.25) is 0 Å². The van der Waals surface area contributed by atoms with E-state index in [9.17, 15) is 4.79 Å². The van der Waals surface area contributed by atoms with Gasteiger partial charge in [0.2, 0.25) is 0 Å². The molecule has 1 heterocycles. The zero-order chi connectivity index (χ0) is 13.2. The summed E-state index contributed by atoms with van der Waals surface area (Å²) in [6.07, 6.45) is 2.65. The number of nitrogens with one attached hydrogen (secondary N) is 1. The molecule has 0 aliphatic rings. The largest absolute Gasteiger partial charge is 0.464 e. The number of esters is 1. The van der Waals surface area contributed by atoms with Crippen molar-refractivity contribution in [3.63, 3.8) is 0 Å². The van der Waals surface area contributed by atoms with Gasteiger partial charge in [0, 0.05) is 6.54 Å². The van der Waals surface area contributed by atoms with Crippen LogP contribution in [0.15, 0.2) is 24.8 Å². The molecule has 0 unspecified atom stereocenters. The normalized spacial score (nSPS) is 9.83. The predicted octanol–water partition coefficient (Wildman–Crippen LogP) is 1.27. The first-order valence-electron chi connectivity index (χ1n) is 5.62. The summed E-state index contributed by atoms with van der Waals surface area (Å²) in [6.45, 7) is 5.47. The lowest BCUT2D eigenvalue weighted by Crippen LogP contribution is -2.12. The monoisotopic (exact) mass is 251 g/mol. The molecule has 0 saturated carbocycles. The maximum Gasteiger partial charge on any atom is 0.358 e. The fourth-order valence-corrected chi connectivity index (χ4v) is 1.16. The van der Waals surface area contributed by atoms with Crippen molar-refractivity contribution in [2.24, 2.45) is 0 Å². The van der Waals surface area contributed by atoms with Crippen LogP contribution in [0.25, 0.3) is 0 Å². The van der Waals surface area contributed by atoms with Crippen LogP contribution in [-0.2, 0) is 9.47 Å². The Balaban J connectivity index is 2.26. The number of ether oxygens (including phenoxy) is 2. The quantitative estimate of drug-likeness (QED) is 0.426. The average Bonchev–Trinajstić information content (AvgIpc) is 2.42. The summed E-state index contributed by atoms with van der Waals surface area (Å²) in [5.41, 5.74) is 0.185. The van der Waals surface area contributed by atoms with Gasteiger partial charge >= 0.3 is 5.97 Å². The van der Waals surface area contributed by atoms with E-state index in [1.807, 2.05) is 6.08 Å². The molecule has 98 valence electrons. The molecule has 0 aliphatic heterocycles. The van der Waals surface area contributed by atoms with E-state index in [4.69, 9.17) is 4.74 Å². The molecule has 1 aromatic heterocycles. The Morgan fingerprint density at radius 3 is 2.89 bits per heavy atom. The van der Waals surface area contributed by atoms with Crippen molar-refractivity contribution in [3.8, 4) is 0 Å². The molecular formula is C12H17N3O3. The van der Waals surface area contributed by atoms with E-state index >= 15 is 0 Å². The third-order valence-corrected chi connectivity index (χ3v) is 2.08. The van der Waals surface area contributed by atoms with Gasteiger partial charge in [-0.25, -0.2) is 4.79 Å². The maximum absolute atomic E-state index is 11.1. The predicted molar refractivity (Wildman–Crippen MR) is 67.5 cm³/mol. The summed E-state index contributed by atoms with van der Waals surface area (Å²) in [5, 5.41) is 10.6. The van der Waals surface area contributed by atoms with Crippen LogP contribution in [0.1, 0.15) is 16.9 Å². The van der Waals surface area contributed by atoms with Gasteiger partial charge in [-0.1, -0.05) is 6.08 Å². The zero-order valence-electron chi connectivity index (χ0n) is 10.4. The molecule has 1 aromatic rings. The van der Waals surface area contributed by atoms with E-state index in [1.54, 1.807) is 12.1 Å². The van der Waals surface area contributed by atoms with Crippen LogP contribution in [0.3, 0.4) is 0 Å². The Morgan fingerprint density at radius 1 is 1.44 bits per heavy atom. The van der Waals surface area contributed by atoms with Crippen molar-refractivity contribution in [1.82, 2.24) is 10.2 Å². The average molecular weight is 251 g/mol. The van der Waals surface area contributed by atoms with Crippen molar-refractivity contribution < 1.29 is 14.3 Å². The molecule has 6 heteroatoms. The van der Waals surface area contributed by atoms with Crippen LogP contribution >= 0.6 is 0 Å². The second-order valence-electron chi connectivity index (χ2n) is 3.41. The van der Waals surface area contributed by atoms with Crippen molar-refractivity contribution >= 4 is 11.8 Å². The number of carbonyl (C=O) groups is 1. The molecule has 1 rings (SSSR count). The van der Waals surface area contributed by atoms with Gasteiger partial charge in [0.25, 0.3) is 0 Å². The SMILES string of the molecule is C=CCCOCCNc1ccc(C(=O)OC)nn1. The molecule has 6 nitrogen and oxygen atoms in total. The standard InChI is InChI=1S/C12H17N3O3/c1-3-4-8-18-9-7-13-11-6-5-10(14-15-11)12(16)17-2/h3,5-6H,1,4,7-9H2,2H3,(H,13,15). The van der Waals surface area contributed by atoms with Crippen LogP contribution in [-0.4, -0.2) is 43.0 Å². The fourth-order valence-electron chi connectivity index (χ4n) is 1.16. The molecule has 18 heavy (non-hydrogen) atoms. The number of methoxy groups -OCH3 is 1. The highest BCUT2D eigenvalue weighted by Crippen LogP contribution is 2.02. The van der Waals surface area contributed by atoms with Gasteiger partial charge in [-0.3, -0.25) is 0 Å². The molecule has 0 bridgehead atoms. The fraction of sp³-hybridized carbons (Fsp3) is 0.417. The van der Waals surface area contributed by atoms with Crippen LogP contribution < -0.4 is 5.32 Å². The zero-order valence-corrected chi connectivity index (χ0v) is 10.4. The second-order valence-corrected chi connectivity index (χ2v) is 3.41. The van der Waals surface area contributed by atoms with E-state index in [0.717, 1.165) is 6.42 Å². The maximum atomic E-state index is 11.1. The number of hydrogen-bond donors (Lipinski definition) is 1. The first kappa shape index (κ1) is 14.1. The van der Waals surface area contributed by atoms with Crippen molar-refractivity contribution in [3.05, 3.63) is 30.5 Å². The lowest BCUT2D eigenvalue weighted by atomic mass is 10.4. The molecule has 0 radical (unpaired) electrons. The summed E-state index contributed by atoms with van der Waals surface area (Å²) >= 11 is 0. The van der Waals surface area contributed by atoms with Gasteiger partial charge in [-0.2, -0.15) is 0 Å². The summed E-state index contributed by atoms with van der Waals surface area (Å²) in [5.74, 6) is 0.0942. The topological polar surface area (TPSA) is 73.3 Å². The first-order chi connectivity index (χ1) is 8.77. The number of rotatable bonds is 8. The van der Waals surface area contributed by atoms with E-state index in [1.165, 1.54) is 7.11 Å². The summed E-state index contributed by atoms with van der Waals surface area (Å²) in [4.78, 5) is 11.1. The van der Waals surface area contributed by atoms with Crippen LogP contribution in [0, 0.1) is 0 Å². The highest BCUT2D eigenvalue weighted by Gasteiger charge is 2.06. The summed E-state index contributed by atoms with van der Waals surface area (Å²) in [7, 11) is 1.30. The van der Waals surface area contributed by atoms with Gasteiger partial charge in [0.15, 0.2) is 5.69 Å². The minimum Gasteiger partial charge on any atom is -0.464 e. The summed E-state index contributed by atoms with van der Waals surface area (Å²) in [6, 6.07) is 3.22. The molecule has 0 aliphatic carbocycles. The summed E-state index contributed by atoms with van der Waals surface area (Å²) < 4.78 is 9.84.